The molecule has 2 N–H and O–H groups in total. The highest BCUT2D eigenvalue weighted by atomic mass is 16.5. The van der Waals surface area contributed by atoms with Crippen molar-refractivity contribution >= 4 is 0 Å². The van der Waals surface area contributed by atoms with Crippen molar-refractivity contribution in [1.82, 2.24) is 9.80 Å². The highest BCUT2D eigenvalue weighted by Crippen LogP contribution is 2.36. The van der Waals surface area contributed by atoms with Crippen LogP contribution in [0.1, 0.15) is 32.1 Å². The molecule has 1 aliphatic carbocycles. The molecule has 5 nitrogen and oxygen atoms in total. The highest BCUT2D eigenvalue weighted by Gasteiger charge is 2.43. The van der Waals surface area contributed by atoms with Gasteiger partial charge in [0.15, 0.2) is 0 Å². The summed E-state index contributed by atoms with van der Waals surface area (Å²) in [6.45, 7) is 7.17. The molecule has 0 spiro atoms. The largest absolute Gasteiger partial charge is 0.381 e. The van der Waals surface area contributed by atoms with Crippen LogP contribution in [0.2, 0.25) is 0 Å². The Morgan fingerprint density at radius 2 is 1.86 bits per heavy atom. The Kier molecular flexibility index (Phi) is 5.17. The zero-order chi connectivity index (χ0) is 14.7. The number of rotatable bonds is 4. The normalized spacial score (nSPS) is 39.7. The van der Waals surface area contributed by atoms with E-state index < -0.39 is 0 Å². The molecule has 0 aromatic carbocycles. The lowest BCUT2D eigenvalue weighted by Crippen LogP contribution is -2.56. The van der Waals surface area contributed by atoms with Crippen molar-refractivity contribution in [2.24, 2.45) is 5.73 Å². The third-order valence-electron chi connectivity index (χ3n) is 5.97. The molecule has 2 aliphatic heterocycles. The summed E-state index contributed by atoms with van der Waals surface area (Å²) in [5, 5.41) is 0. The number of hydrogen-bond donors (Lipinski definition) is 1. The zero-order valence-corrected chi connectivity index (χ0v) is 13.4. The maximum Gasteiger partial charge on any atom is 0.0594 e. The monoisotopic (exact) mass is 297 g/mol. The Labute approximate surface area is 128 Å². The van der Waals surface area contributed by atoms with Gasteiger partial charge in [-0.15, -0.1) is 0 Å². The summed E-state index contributed by atoms with van der Waals surface area (Å²) in [6.07, 6.45) is 6.44. The number of morpholine rings is 1. The van der Waals surface area contributed by atoms with Crippen LogP contribution in [0.5, 0.6) is 0 Å². The van der Waals surface area contributed by atoms with Crippen molar-refractivity contribution in [2.75, 3.05) is 53.0 Å². The standard InChI is InChI=1S/C16H31N3O2/c1-20-15-2-5-16(13-17,6-3-15)19-7-4-14(12-19)18-8-10-21-11-9-18/h14-15H,2-13,17H2,1H3. The lowest BCUT2D eigenvalue weighted by molar-refractivity contribution is -0.00763. The Morgan fingerprint density at radius 1 is 1.14 bits per heavy atom. The number of methoxy groups -OCH3 is 1. The first-order valence-electron chi connectivity index (χ1n) is 8.57. The molecular weight excluding hydrogens is 266 g/mol. The number of nitrogens with zero attached hydrogens (tertiary/aromatic N) is 2. The lowest BCUT2D eigenvalue weighted by atomic mass is 9.79. The molecular formula is C16H31N3O2. The van der Waals surface area contributed by atoms with E-state index >= 15 is 0 Å². The third kappa shape index (κ3) is 3.27. The maximum atomic E-state index is 6.21. The van der Waals surface area contributed by atoms with Crippen LogP contribution >= 0.6 is 0 Å². The van der Waals surface area contributed by atoms with E-state index in [0.717, 1.165) is 45.7 Å². The molecule has 0 radical (unpaired) electrons. The van der Waals surface area contributed by atoms with Crippen molar-refractivity contribution in [2.45, 2.75) is 49.8 Å². The number of ether oxygens (including phenoxy) is 2. The van der Waals surface area contributed by atoms with E-state index in [1.54, 1.807) is 0 Å². The predicted octanol–water partition coefficient (Wildman–Crippen LogP) is 0.679. The van der Waals surface area contributed by atoms with E-state index in [1.165, 1.54) is 32.4 Å². The van der Waals surface area contributed by atoms with E-state index in [9.17, 15) is 0 Å². The number of hydrogen-bond acceptors (Lipinski definition) is 5. The van der Waals surface area contributed by atoms with Gasteiger partial charge >= 0.3 is 0 Å². The first-order valence-corrected chi connectivity index (χ1v) is 8.57. The fourth-order valence-corrected chi connectivity index (χ4v) is 4.43. The highest BCUT2D eigenvalue weighted by molar-refractivity contribution is 5.00. The van der Waals surface area contributed by atoms with Crippen LogP contribution in [-0.4, -0.2) is 80.5 Å². The molecule has 0 aromatic rings. The van der Waals surface area contributed by atoms with E-state index in [-0.39, 0.29) is 5.54 Å². The Hall–Kier alpha value is -0.200. The van der Waals surface area contributed by atoms with Gasteiger partial charge in [0.1, 0.15) is 0 Å². The quantitative estimate of drug-likeness (QED) is 0.827. The molecule has 3 fully saturated rings. The zero-order valence-electron chi connectivity index (χ0n) is 13.4. The van der Waals surface area contributed by atoms with Crippen LogP contribution in [0.15, 0.2) is 0 Å². The van der Waals surface area contributed by atoms with Crippen LogP contribution < -0.4 is 5.73 Å². The number of likely N-dealkylation sites (tertiary alicyclic amines) is 1. The van der Waals surface area contributed by atoms with Crippen LogP contribution in [0.4, 0.5) is 0 Å². The van der Waals surface area contributed by atoms with Gasteiger partial charge in [-0.3, -0.25) is 9.80 Å². The summed E-state index contributed by atoms with van der Waals surface area (Å²) in [7, 11) is 1.84. The van der Waals surface area contributed by atoms with Gasteiger partial charge in [0, 0.05) is 51.4 Å². The molecule has 3 rings (SSSR count). The summed E-state index contributed by atoms with van der Waals surface area (Å²) < 4.78 is 11.0. The summed E-state index contributed by atoms with van der Waals surface area (Å²) in [6, 6.07) is 0.706. The summed E-state index contributed by atoms with van der Waals surface area (Å²) in [5.41, 5.74) is 6.44. The smallest absolute Gasteiger partial charge is 0.0594 e. The Bertz CT molecular complexity index is 325. The maximum absolute atomic E-state index is 6.21. The van der Waals surface area contributed by atoms with Gasteiger partial charge in [-0.05, 0) is 32.1 Å². The molecule has 0 aromatic heterocycles. The molecule has 1 saturated carbocycles. The van der Waals surface area contributed by atoms with Crippen LogP contribution in [0.25, 0.3) is 0 Å². The topological polar surface area (TPSA) is 51.0 Å². The predicted molar refractivity (Wildman–Crippen MR) is 83.4 cm³/mol. The molecule has 1 unspecified atom stereocenters. The molecule has 21 heavy (non-hydrogen) atoms. The summed E-state index contributed by atoms with van der Waals surface area (Å²) in [5.74, 6) is 0. The molecule has 2 heterocycles. The molecule has 5 heteroatoms. The van der Waals surface area contributed by atoms with Crippen molar-refractivity contribution in [3.8, 4) is 0 Å². The van der Waals surface area contributed by atoms with Crippen molar-refractivity contribution in [1.29, 1.82) is 0 Å². The fourth-order valence-electron chi connectivity index (χ4n) is 4.43. The van der Waals surface area contributed by atoms with Gasteiger partial charge in [-0.25, -0.2) is 0 Å². The third-order valence-corrected chi connectivity index (χ3v) is 5.97. The van der Waals surface area contributed by atoms with E-state index in [1.807, 2.05) is 7.11 Å². The minimum absolute atomic E-state index is 0.232. The van der Waals surface area contributed by atoms with Crippen molar-refractivity contribution in [3.63, 3.8) is 0 Å². The number of nitrogens with two attached hydrogens (primary N) is 1. The van der Waals surface area contributed by atoms with E-state index in [4.69, 9.17) is 15.2 Å². The van der Waals surface area contributed by atoms with Crippen molar-refractivity contribution < 1.29 is 9.47 Å². The second-order valence-electron chi connectivity index (χ2n) is 6.90. The van der Waals surface area contributed by atoms with Crippen LogP contribution in [0.3, 0.4) is 0 Å². The van der Waals surface area contributed by atoms with Gasteiger partial charge in [0.25, 0.3) is 0 Å². The second-order valence-corrected chi connectivity index (χ2v) is 6.90. The van der Waals surface area contributed by atoms with E-state index in [2.05, 4.69) is 9.80 Å². The second kappa shape index (κ2) is 6.92. The molecule has 2 saturated heterocycles. The molecule has 0 bridgehead atoms. The molecule has 0 amide bonds. The van der Waals surface area contributed by atoms with Gasteiger partial charge in [0.2, 0.25) is 0 Å². The van der Waals surface area contributed by atoms with Gasteiger partial charge < -0.3 is 15.2 Å². The Balaban J connectivity index is 1.58. The molecule has 1 atom stereocenters. The summed E-state index contributed by atoms with van der Waals surface area (Å²) >= 11 is 0. The summed E-state index contributed by atoms with van der Waals surface area (Å²) in [4.78, 5) is 5.31. The average Bonchev–Trinajstić information content (AvgIpc) is 3.06. The van der Waals surface area contributed by atoms with E-state index in [0.29, 0.717) is 12.1 Å². The molecule has 122 valence electrons. The van der Waals surface area contributed by atoms with Gasteiger partial charge in [0.05, 0.1) is 19.3 Å². The first-order chi connectivity index (χ1) is 10.3. The minimum atomic E-state index is 0.232. The van der Waals surface area contributed by atoms with Crippen LogP contribution in [-0.2, 0) is 9.47 Å². The molecule has 3 aliphatic rings. The van der Waals surface area contributed by atoms with Crippen LogP contribution in [0, 0.1) is 0 Å². The fraction of sp³-hybridized carbons (Fsp3) is 1.00. The SMILES string of the molecule is COC1CCC(CN)(N2CCC(N3CCOCC3)C2)CC1. The lowest BCUT2D eigenvalue weighted by Gasteiger charge is -2.46. The van der Waals surface area contributed by atoms with Gasteiger partial charge in [-0.2, -0.15) is 0 Å². The van der Waals surface area contributed by atoms with Gasteiger partial charge in [-0.1, -0.05) is 0 Å². The average molecular weight is 297 g/mol. The Morgan fingerprint density at radius 3 is 2.48 bits per heavy atom. The first kappa shape index (κ1) is 15.7. The minimum Gasteiger partial charge on any atom is -0.381 e. The van der Waals surface area contributed by atoms with Crippen molar-refractivity contribution in [3.05, 3.63) is 0 Å².